The number of ether oxygens (including phenoxy) is 2. The van der Waals surface area contributed by atoms with E-state index < -0.39 is 0 Å². The standard InChI is InChI=1S/C27H31N5O4/c1-4-25(33)31-22-15-20-21(28-17-29-26(20)30-18(2)19-9-6-5-7-10-19)16-24(22)36-14-13-32-12-8-11-23(32)27(34)35-3/h4-7,9-10,15-18,23H,1,8,11-14H2,2-3H3,(H,31,33)(H,28,29,30)/t18-,23+/m1/s1. The maximum atomic E-state index is 12.2. The van der Waals surface area contributed by atoms with Gasteiger partial charge in [-0.15, -0.1) is 0 Å². The van der Waals surface area contributed by atoms with Gasteiger partial charge in [-0.1, -0.05) is 36.9 Å². The third-order valence-electron chi connectivity index (χ3n) is 6.31. The minimum absolute atomic E-state index is 0.00894. The number of rotatable bonds is 10. The van der Waals surface area contributed by atoms with Gasteiger partial charge in [0.05, 0.1) is 18.3 Å². The molecule has 0 unspecified atom stereocenters. The predicted octanol–water partition coefficient (Wildman–Crippen LogP) is 3.94. The number of methoxy groups -OCH3 is 1. The number of carbonyl (C=O) groups excluding carboxylic acids is 2. The summed E-state index contributed by atoms with van der Waals surface area (Å²) in [4.78, 5) is 35.1. The summed E-state index contributed by atoms with van der Waals surface area (Å²) in [6.45, 7) is 7.30. The first-order chi connectivity index (χ1) is 17.5. The zero-order chi connectivity index (χ0) is 25.5. The molecule has 0 saturated carbocycles. The van der Waals surface area contributed by atoms with Crippen molar-refractivity contribution in [1.29, 1.82) is 0 Å². The van der Waals surface area contributed by atoms with E-state index in [9.17, 15) is 9.59 Å². The number of hydrogen-bond acceptors (Lipinski definition) is 8. The molecule has 2 N–H and O–H groups in total. The number of aromatic nitrogens is 2. The lowest BCUT2D eigenvalue weighted by atomic mass is 10.1. The molecular weight excluding hydrogens is 458 g/mol. The maximum absolute atomic E-state index is 12.2. The second-order valence-corrected chi connectivity index (χ2v) is 8.62. The monoisotopic (exact) mass is 489 g/mol. The van der Waals surface area contributed by atoms with Gasteiger partial charge in [-0.25, -0.2) is 9.97 Å². The number of fused-ring (bicyclic) bond motifs is 1. The highest BCUT2D eigenvalue weighted by Gasteiger charge is 2.31. The van der Waals surface area contributed by atoms with Crippen LogP contribution in [0.25, 0.3) is 10.9 Å². The molecule has 1 aliphatic rings. The Morgan fingerprint density at radius 2 is 2.06 bits per heavy atom. The highest BCUT2D eigenvalue weighted by atomic mass is 16.5. The summed E-state index contributed by atoms with van der Waals surface area (Å²) in [7, 11) is 1.41. The third kappa shape index (κ3) is 5.80. The molecule has 3 aromatic rings. The number of likely N-dealkylation sites (tertiary alicyclic amines) is 1. The molecule has 9 heteroatoms. The van der Waals surface area contributed by atoms with E-state index in [4.69, 9.17) is 9.47 Å². The van der Waals surface area contributed by atoms with Crippen molar-refractivity contribution in [2.24, 2.45) is 0 Å². The first-order valence-corrected chi connectivity index (χ1v) is 12.0. The number of carbonyl (C=O) groups is 2. The van der Waals surface area contributed by atoms with Crippen LogP contribution in [0.5, 0.6) is 5.75 Å². The molecule has 4 rings (SSSR count). The minimum atomic E-state index is -0.353. The second kappa shape index (κ2) is 11.6. The number of anilines is 2. The topological polar surface area (TPSA) is 106 Å². The Labute approximate surface area is 210 Å². The van der Waals surface area contributed by atoms with Crippen molar-refractivity contribution in [1.82, 2.24) is 14.9 Å². The number of nitrogens with one attached hydrogen (secondary N) is 2. The quantitative estimate of drug-likeness (QED) is 0.326. The van der Waals surface area contributed by atoms with Gasteiger partial charge >= 0.3 is 5.97 Å². The Hall–Kier alpha value is -3.98. The molecule has 1 aliphatic heterocycles. The smallest absolute Gasteiger partial charge is 0.323 e. The minimum Gasteiger partial charge on any atom is -0.490 e. The molecule has 1 amide bonds. The average molecular weight is 490 g/mol. The number of nitrogens with zero attached hydrogens (tertiary/aromatic N) is 3. The van der Waals surface area contributed by atoms with Crippen LogP contribution < -0.4 is 15.4 Å². The Morgan fingerprint density at radius 3 is 2.81 bits per heavy atom. The van der Waals surface area contributed by atoms with Gasteiger partial charge in [-0.2, -0.15) is 0 Å². The molecule has 1 aromatic heterocycles. The number of amides is 1. The van der Waals surface area contributed by atoms with Crippen LogP contribution in [0.3, 0.4) is 0 Å². The van der Waals surface area contributed by atoms with Crippen molar-refractivity contribution in [2.75, 3.05) is 37.4 Å². The zero-order valence-corrected chi connectivity index (χ0v) is 20.6. The van der Waals surface area contributed by atoms with Crippen molar-refractivity contribution in [3.63, 3.8) is 0 Å². The summed E-state index contributed by atoms with van der Waals surface area (Å²) in [6, 6.07) is 13.4. The van der Waals surface area contributed by atoms with Crippen molar-refractivity contribution >= 4 is 34.3 Å². The summed E-state index contributed by atoms with van der Waals surface area (Å²) in [5.74, 6) is 0.550. The van der Waals surface area contributed by atoms with Crippen LogP contribution >= 0.6 is 0 Å². The summed E-state index contributed by atoms with van der Waals surface area (Å²) < 4.78 is 11.0. The molecule has 0 aliphatic carbocycles. The van der Waals surface area contributed by atoms with Crippen LogP contribution in [0.1, 0.15) is 31.4 Å². The Bertz CT molecular complexity index is 1230. The van der Waals surface area contributed by atoms with Gasteiger partial charge in [0, 0.05) is 24.0 Å². The van der Waals surface area contributed by atoms with Crippen LogP contribution in [-0.2, 0) is 14.3 Å². The second-order valence-electron chi connectivity index (χ2n) is 8.62. The van der Waals surface area contributed by atoms with Gasteiger partial charge in [0.15, 0.2) is 0 Å². The maximum Gasteiger partial charge on any atom is 0.323 e. The van der Waals surface area contributed by atoms with E-state index in [2.05, 4.69) is 39.0 Å². The van der Waals surface area contributed by atoms with Crippen molar-refractivity contribution in [2.45, 2.75) is 31.8 Å². The van der Waals surface area contributed by atoms with Crippen LogP contribution in [0.4, 0.5) is 11.5 Å². The molecule has 1 fully saturated rings. The van der Waals surface area contributed by atoms with E-state index in [1.54, 1.807) is 12.1 Å². The van der Waals surface area contributed by atoms with E-state index >= 15 is 0 Å². The van der Waals surface area contributed by atoms with Gasteiger partial charge in [0.1, 0.15) is 30.5 Å². The highest BCUT2D eigenvalue weighted by molar-refractivity contribution is 6.03. The van der Waals surface area contributed by atoms with Gasteiger partial charge in [0.2, 0.25) is 5.91 Å². The molecule has 1 saturated heterocycles. The van der Waals surface area contributed by atoms with Crippen molar-refractivity contribution < 1.29 is 19.1 Å². The van der Waals surface area contributed by atoms with Crippen LogP contribution in [0.2, 0.25) is 0 Å². The molecule has 0 radical (unpaired) electrons. The van der Waals surface area contributed by atoms with Gasteiger partial charge in [0.25, 0.3) is 0 Å². The Kier molecular flexibility index (Phi) is 8.12. The lowest BCUT2D eigenvalue weighted by Crippen LogP contribution is -2.39. The summed E-state index contributed by atoms with van der Waals surface area (Å²) in [5, 5.41) is 7.01. The largest absolute Gasteiger partial charge is 0.490 e. The lowest BCUT2D eigenvalue weighted by molar-refractivity contribution is -0.145. The first kappa shape index (κ1) is 25.1. The van der Waals surface area contributed by atoms with E-state index in [0.717, 1.165) is 30.3 Å². The van der Waals surface area contributed by atoms with Gasteiger partial charge < -0.3 is 20.1 Å². The van der Waals surface area contributed by atoms with E-state index in [-0.39, 0.29) is 24.0 Å². The summed E-state index contributed by atoms with van der Waals surface area (Å²) in [5.41, 5.74) is 2.29. The fraction of sp³-hybridized carbons (Fsp3) is 0.333. The molecule has 9 nitrogen and oxygen atoms in total. The molecule has 0 spiro atoms. The number of esters is 1. The summed E-state index contributed by atoms with van der Waals surface area (Å²) in [6.07, 6.45) is 4.42. The van der Waals surface area contributed by atoms with Crippen LogP contribution in [0.15, 0.2) is 61.4 Å². The number of benzene rings is 2. The predicted molar refractivity (Wildman–Crippen MR) is 139 cm³/mol. The molecule has 2 atom stereocenters. The third-order valence-corrected chi connectivity index (χ3v) is 6.31. The van der Waals surface area contributed by atoms with E-state index in [1.807, 2.05) is 30.3 Å². The van der Waals surface area contributed by atoms with E-state index in [1.165, 1.54) is 19.5 Å². The van der Waals surface area contributed by atoms with Gasteiger partial charge in [-0.05, 0) is 44.0 Å². The van der Waals surface area contributed by atoms with E-state index in [0.29, 0.717) is 35.9 Å². The van der Waals surface area contributed by atoms with Crippen molar-refractivity contribution in [3.8, 4) is 5.75 Å². The fourth-order valence-corrected chi connectivity index (χ4v) is 4.40. The van der Waals surface area contributed by atoms with Gasteiger partial charge in [-0.3, -0.25) is 14.5 Å². The van der Waals surface area contributed by atoms with Crippen molar-refractivity contribution in [3.05, 3.63) is 67.0 Å². The molecule has 188 valence electrons. The normalized spacial score (nSPS) is 16.3. The van der Waals surface area contributed by atoms with Crippen LogP contribution in [-0.4, -0.2) is 59.6 Å². The summed E-state index contributed by atoms with van der Waals surface area (Å²) >= 11 is 0. The molecule has 36 heavy (non-hydrogen) atoms. The Morgan fingerprint density at radius 1 is 1.25 bits per heavy atom. The highest BCUT2D eigenvalue weighted by Crippen LogP contribution is 2.33. The fourth-order valence-electron chi connectivity index (χ4n) is 4.40. The molecule has 2 heterocycles. The molecule has 2 aromatic carbocycles. The lowest BCUT2D eigenvalue weighted by Gasteiger charge is -2.23. The van der Waals surface area contributed by atoms with Crippen LogP contribution in [0, 0.1) is 0 Å². The number of hydrogen-bond donors (Lipinski definition) is 2. The Balaban J connectivity index is 1.57. The molecular formula is C27H31N5O4. The SMILES string of the molecule is C=CC(=O)Nc1cc2c(N[C@H](C)c3ccccc3)ncnc2cc1OCCN1CCC[C@H]1C(=O)OC. The average Bonchev–Trinajstić information content (AvgIpc) is 3.37. The zero-order valence-electron chi connectivity index (χ0n) is 20.6. The first-order valence-electron chi connectivity index (χ1n) is 12.0. The molecule has 0 bridgehead atoms.